The molecule has 4 heteroatoms. The van der Waals surface area contributed by atoms with E-state index in [1.54, 1.807) is 0 Å². The Hall–Kier alpha value is -3.92. The largest absolute Gasteiger partial charge is 0.343 e. The van der Waals surface area contributed by atoms with E-state index in [0.29, 0.717) is 0 Å². The van der Waals surface area contributed by atoms with Crippen molar-refractivity contribution in [3.8, 4) is 11.3 Å². The summed E-state index contributed by atoms with van der Waals surface area (Å²) in [4.78, 5) is 4.82. The molecule has 0 radical (unpaired) electrons. The summed E-state index contributed by atoms with van der Waals surface area (Å²) in [6, 6.07) is 25.7. The van der Waals surface area contributed by atoms with Gasteiger partial charge in [0.1, 0.15) is 0 Å². The fourth-order valence-corrected chi connectivity index (χ4v) is 4.26. The first kappa shape index (κ1) is 20.0. The van der Waals surface area contributed by atoms with E-state index in [1.807, 2.05) is 12.4 Å². The van der Waals surface area contributed by atoms with Crippen LogP contribution in [-0.2, 0) is 13.0 Å². The van der Waals surface area contributed by atoms with Crippen LogP contribution in [-0.4, -0.2) is 21.0 Å². The molecule has 0 saturated heterocycles. The van der Waals surface area contributed by atoms with Crippen LogP contribution >= 0.6 is 0 Å². The third-order valence-corrected chi connectivity index (χ3v) is 5.87. The number of hydrogen-bond donors (Lipinski definition) is 1. The first-order valence-corrected chi connectivity index (χ1v) is 10.9. The van der Waals surface area contributed by atoms with Gasteiger partial charge in [-0.2, -0.15) is 5.10 Å². The Balaban J connectivity index is 1.37. The van der Waals surface area contributed by atoms with Gasteiger partial charge in [0.15, 0.2) is 0 Å². The monoisotopic (exact) mass is 418 g/mol. The van der Waals surface area contributed by atoms with Gasteiger partial charge in [-0.05, 0) is 72.0 Å². The number of aryl methyl sites for hydroxylation is 2. The molecule has 1 N–H and O–H groups in total. The van der Waals surface area contributed by atoms with Crippen LogP contribution in [0.3, 0.4) is 0 Å². The number of rotatable bonds is 6. The lowest BCUT2D eigenvalue weighted by molar-refractivity contribution is 0.814. The number of aromatic amines is 1. The Morgan fingerprint density at radius 2 is 1.72 bits per heavy atom. The summed E-state index contributed by atoms with van der Waals surface area (Å²) >= 11 is 0. The van der Waals surface area contributed by atoms with E-state index in [0.717, 1.165) is 29.6 Å². The number of aromatic nitrogens is 3. The molecule has 0 amide bonds. The van der Waals surface area contributed by atoms with Gasteiger partial charge < -0.3 is 4.57 Å². The molecule has 0 aliphatic rings. The lowest BCUT2D eigenvalue weighted by Gasteiger charge is -2.13. The van der Waals surface area contributed by atoms with Gasteiger partial charge in [-0.25, -0.2) is 0 Å². The number of nitrogens with one attached hydrogen (secondary N) is 1. The summed E-state index contributed by atoms with van der Waals surface area (Å²) in [5.41, 5.74) is 9.46. The van der Waals surface area contributed by atoms with Gasteiger partial charge in [0.25, 0.3) is 0 Å². The van der Waals surface area contributed by atoms with Crippen molar-refractivity contribution in [3.63, 3.8) is 0 Å². The van der Waals surface area contributed by atoms with Gasteiger partial charge in [-0.1, -0.05) is 42.5 Å². The zero-order valence-electron chi connectivity index (χ0n) is 18.4. The first-order valence-electron chi connectivity index (χ1n) is 10.9. The fraction of sp³-hybridized carbons (Fsp3) is 0.143. The van der Waals surface area contributed by atoms with Crippen molar-refractivity contribution in [1.82, 2.24) is 14.8 Å². The van der Waals surface area contributed by atoms with Crippen molar-refractivity contribution in [3.05, 3.63) is 107 Å². The summed E-state index contributed by atoms with van der Waals surface area (Å²) in [5, 5.41) is 8.25. The standard InChI is InChI=1S/C28H26N4/c1-20-15-25(27-9-6-14-32(27)19-23-7-4-3-5-8-23)16-21(2)28(20)29-13-12-22-10-11-24-18-30-31-26(24)17-22/h3-11,13-18H,12,19H2,1-2H3,(H,30,31). The fourth-order valence-electron chi connectivity index (χ4n) is 4.26. The van der Waals surface area contributed by atoms with Crippen molar-refractivity contribution < 1.29 is 0 Å². The minimum Gasteiger partial charge on any atom is -0.343 e. The lowest BCUT2D eigenvalue weighted by atomic mass is 10.0. The molecule has 158 valence electrons. The zero-order chi connectivity index (χ0) is 21.9. The van der Waals surface area contributed by atoms with Crippen molar-refractivity contribution >= 4 is 22.8 Å². The highest BCUT2D eigenvalue weighted by atomic mass is 15.1. The minimum absolute atomic E-state index is 0.787. The number of nitrogens with zero attached hydrogens (tertiary/aromatic N) is 3. The molecular weight excluding hydrogens is 392 g/mol. The van der Waals surface area contributed by atoms with E-state index in [1.165, 1.54) is 33.5 Å². The smallest absolute Gasteiger partial charge is 0.0684 e. The number of hydrogen-bond acceptors (Lipinski definition) is 2. The molecule has 0 unspecified atom stereocenters. The predicted octanol–water partition coefficient (Wildman–Crippen LogP) is 6.64. The predicted molar refractivity (Wildman–Crippen MR) is 133 cm³/mol. The van der Waals surface area contributed by atoms with Gasteiger partial charge in [0.2, 0.25) is 0 Å². The maximum atomic E-state index is 4.82. The van der Waals surface area contributed by atoms with Crippen molar-refractivity contribution in [1.29, 1.82) is 0 Å². The Bertz CT molecular complexity index is 1370. The normalized spacial score (nSPS) is 11.6. The number of benzene rings is 3. The molecule has 0 aliphatic heterocycles. The van der Waals surface area contributed by atoms with Crippen LogP contribution in [0.2, 0.25) is 0 Å². The third kappa shape index (κ3) is 4.12. The molecule has 0 saturated carbocycles. The molecule has 32 heavy (non-hydrogen) atoms. The summed E-state index contributed by atoms with van der Waals surface area (Å²) in [6.45, 7) is 5.15. The van der Waals surface area contributed by atoms with E-state index < -0.39 is 0 Å². The molecule has 3 aromatic carbocycles. The zero-order valence-corrected chi connectivity index (χ0v) is 18.4. The molecule has 2 aromatic heterocycles. The third-order valence-electron chi connectivity index (χ3n) is 5.87. The topological polar surface area (TPSA) is 46.0 Å². The molecular formula is C28H26N4. The van der Waals surface area contributed by atoms with Crippen LogP contribution in [0.15, 0.2) is 90.2 Å². The summed E-state index contributed by atoms with van der Waals surface area (Å²) in [5.74, 6) is 0. The van der Waals surface area contributed by atoms with E-state index in [-0.39, 0.29) is 0 Å². The molecule has 2 heterocycles. The molecule has 4 nitrogen and oxygen atoms in total. The molecule has 0 aliphatic carbocycles. The minimum atomic E-state index is 0.787. The molecule has 0 fully saturated rings. The molecule has 0 atom stereocenters. The average molecular weight is 419 g/mol. The molecule has 5 aromatic rings. The number of aliphatic imine (C=N–C) groups is 1. The molecule has 0 spiro atoms. The van der Waals surface area contributed by atoms with Gasteiger partial charge in [0.05, 0.1) is 17.4 Å². The second-order valence-electron chi connectivity index (χ2n) is 8.27. The number of fused-ring (bicyclic) bond motifs is 1. The lowest BCUT2D eigenvalue weighted by Crippen LogP contribution is -2.00. The van der Waals surface area contributed by atoms with Crippen LogP contribution in [0.4, 0.5) is 5.69 Å². The summed E-state index contributed by atoms with van der Waals surface area (Å²) < 4.78 is 2.30. The van der Waals surface area contributed by atoms with E-state index >= 15 is 0 Å². The summed E-state index contributed by atoms with van der Waals surface area (Å²) in [7, 11) is 0. The van der Waals surface area contributed by atoms with Crippen LogP contribution in [0.5, 0.6) is 0 Å². The molecule has 0 bridgehead atoms. The second-order valence-corrected chi connectivity index (χ2v) is 8.27. The maximum Gasteiger partial charge on any atom is 0.0684 e. The Morgan fingerprint density at radius 1 is 0.906 bits per heavy atom. The van der Waals surface area contributed by atoms with Crippen LogP contribution in [0, 0.1) is 13.8 Å². The SMILES string of the molecule is Cc1cc(-c2cccn2Cc2ccccc2)cc(C)c1N=CCc1ccc2cn[nH]c2c1. The second kappa shape index (κ2) is 8.67. The highest BCUT2D eigenvalue weighted by Crippen LogP contribution is 2.31. The van der Waals surface area contributed by atoms with Gasteiger partial charge >= 0.3 is 0 Å². The summed E-state index contributed by atoms with van der Waals surface area (Å²) in [6.07, 6.45) is 6.79. The molecule has 5 rings (SSSR count). The van der Waals surface area contributed by atoms with Crippen LogP contribution in [0.25, 0.3) is 22.2 Å². The Morgan fingerprint density at radius 3 is 2.53 bits per heavy atom. The van der Waals surface area contributed by atoms with Crippen molar-refractivity contribution in [2.24, 2.45) is 4.99 Å². The highest BCUT2D eigenvalue weighted by Gasteiger charge is 2.09. The van der Waals surface area contributed by atoms with Crippen molar-refractivity contribution in [2.75, 3.05) is 0 Å². The van der Waals surface area contributed by atoms with Crippen LogP contribution in [0.1, 0.15) is 22.3 Å². The van der Waals surface area contributed by atoms with Gasteiger partial charge in [0, 0.05) is 36.5 Å². The van der Waals surface area contributed by atoms with Gasteiger partial charge in [-0.3, -0.25) is 10.1 Å². The van der Waals surface area contributed by atoms with Crippen LogP contribution < -0.4 is 0 Å². The van der Waals surface area contributed by atoms with E-state index in [9.17, 15) is 0 Å². The number of H-pyrrole nitrogens is 1. The Labute approximate surface area is 188 Å². The van der Waals surface area contributed by atoms with E-state index in [4.69, 9.17) is 4.99 Å². The highest BCUT2D eigenvalue weighted by molar-refractivity contribution is 5.80. The van der Waals surface area contributed by atoms with Crippen molar-refractivity contribution in [2.45, 2.75) is 26.8 Å². The van der Waals surface area contributed by atoms with E-state index in [2.05, 4.69) is 108 Å². The Kier molecular flexibility index (Phi) is 5.42. The average Bonchev–Trinajstić information content (AvgIpc) is 3.45. The maximum absolute atomic E-state index is 4.82. The first-order chi connectivity index (χ1) is 15.7. The quantitative estimate of drug-likeness (QED) is 0.309. The van der Waals surface area contributed by atoms with Gasteiger partial charge in [-0.15, -0.1) is 0 Å².